The summed E-state index contributed by atoms with van der Waals surface area (Å²) in [6.45, 7) is 6.96. The Kier molecular flexibility index (Phi) is 3.78. The van der Waals surface area contributed by atoms with Crippen molar-refractivity contribution in [3.05, 3.63) is 33.8 Å². The van der Waals surface area contributed by atoms with Crippen LogP contribution in [0, 0.1) is 6.92 Å². The van der Waals surface area contributed by atoms with E-state index in [-0.39, 0.29) is 0 Å². The first-order valence-electron chi connectivity index (χ1n) is 5.31. The highest BCUT2D eigenvalue weighted by Gasteiger charge is 2.12. The molecule has 2 nitrogen and oxygen atoms in total. The highest BCUT2D eigenvalue weighted by atomic mass is 79.9. The van der Waals surface area contributed by atoms with E-state index in [0.717, 1.165) is 32.8 Å². The van der Waals surface area contributed by atoms with Gasteiger partial charge in [0.25, 0.3) is 0 Å². The summed E-state index contributed by atoms with van der Waals surface area (Å²) in [6, 6.07) is 6.44. The number of rotatable bonds is 2. The molecular weight excluding hydrogens is 254 g/mol. The van der Waals surface area contributed by atoms with Crippen LogP contribution in [0.1, 0.15) is 11.1 Å². The van der Waals surface area contributed by atoms with Crippen molar-refractivity contribution in [2.45, 2.75) is 13.5 Å². The molecule has 1 aliphatic heterocycles. The number of benzene rings is 1. The van der Waals surface area contributed by atoms with Crippen molar-refractivity contribution >= 4 is 15.9 Å². The molecule has 1 heterocycles. The SMILES string of the molecule is Cc1cccc(CN2CCOCC2)c1Br. The fourth-order valence-electron chi connectivity index (χ4n) is 1.83. The first kappa shape index (κ1) is 11.1. The summed E-state index contributed by atoms with van der Waals surface area (Å²) in [5, 5.41) is 0. The quantitative estimate of drug-likeness (QED) is 0.819. The van der Waals surface area contributed by atoms with E-state index in [1.54, 1.807) is 0 Å². The molecule has 0 aliphatic carbocycles. The van der Waals surface area contributed by atoms with E-state index in [2.05, 4.69) is 46.0 Å². The van der Waals surface area contributed by atoms with Gasteiger partial charge in [0.1, 0.15) is 0 Å². The number of hydrogen-bond acceptors (Lipinski definition) is 2. The van der Waals surface area contributed by atoms with Gasteiger partial charge in [-0.1, -0.05) is 34.1 Å². The van der Waals surface area contributed by atoms with E-state index in [1.807, 2.05) is 0 Å². The molecule has 3 heteroatoms. The summed E-state index contributed by atoms with van der Waals surface area (Å²) in [7, 11) is 0. The fraction of sp³-hybridized carbons (Fsp3) is 0.500. The maximum Gasteiger partial charge on any atom is 0.0594 e. The van der Waals surface area contributed by atoms with Gasteiger partial charge in [-0.05, 0) is 18.1 Å². The molecule has 0 aromatic heterocycles. The smallest absolute Gasteiger partial charge is 0.0594 e. The third-order valence-corrected chi connectivity index (χ3v) is 3.90. The molecule has 0 saturated carbocycles. The van der Waals surface area contributed by atoms with E-state index in [4.69, 9.17) is 4.74 Å². The molecule has 15 heavy (non-hydrogen) atoms. The molecule has 0 atom stereocenters. The molecule has 1 aromatic rings. The van der Waals surface area contributed by atoms with Crippen LogP contribution in [0.5, 0.6) is 0 Å². The van der Waals surface area contributed by atoms with Gasteiger partial charge < -0.3 is 4.74 Å². The van der Waals surface area contributed by atoms with Gasteiger partial charge >= 0.3 is 0 Å². The number of halogens is 1. The average Bonchev–Trinajstić information content (AvgIpc) is 2.26. The van der Waals surface area contributed by atoms with Crippen LogP contribution in [0.15, 0.2) is 22.7 Å². The molecule has 1 fully saturated rings. The van der Waals surface area contributed by atoms with Crippen molar-refractivity contribution in [1.82, 2.24) is 4.90 Å². The van der Waals surface area contributed by atoms with Gasteiger partial charge in [0.15, 0.2) is 0 Å². The lowest BCUT2D eigenvalue weighted by Gasteiger charge is -2.27. The zero-order valence-corrected chi connectivity index (χ0v) is 10.6. The fourth-order valence-corrected chi connectivity index (χ4v) is 2.22. The molecule has 0 bridgehead atoms. The molecule has 0 radical (unpaired) electrons. The normalized spacial score (nSPS) is 18.0. The average molecular weight is 270 g/mol. The summed E-state index contributed by atoms with van der Waals surface area (Å²) in [6.07, 6.45) is 0. The van der Waals surface area contributed by atoms with E-state index < -0.39 is 0 Å². The van der Waals surface area contributed by atoms with Crippen molar-refractivity contribution < 1.29 is 4.74 Å². The number of aryl methyl sites for hydroxylation is 1. The molecule has 0 spiro atoms. The molecule has 1 aromatic carbocycles. The van der Waals surface area contributed by atoms with Crippen LogP contribution >= 0.6 is 15.9 Å². The van der Waals surface area contributed by atoms with Gasteiger partial charge in [-0.3, -0.25) is 4.90 Å². The van der Waals surface area contributed by atoms with Gasteiger partial charge in [0, 0.05) is 24.1 Å². The largest absolute Gasteiger partial charge is 0.379 e. The highest BCUT2D eigenvalue weighted by Crippen LogP contribution is 2.22. The molecule has 0 N–H and O–H groups in total. The molecule has 0 amide bonds. The van der Waals surface area contributed by atoms with Gasteiger partial charge in [0.05, 0.1) is 13.2 Å². The van der Waals surface area contributed by atoms with Crippen LogP contribution in [-0.4, -0.2) is 31.2 Å². The second kappa shape index (κ2) is 5.10. The third-order valence-electron chi connectivity index (χ3n) is 2.77. The number of hydrogen-bond donors (Lipinski definition) is 0. The first-order chi connectivity index (χ1) is 7.27. The van der Waals surface area contributed by atoms with Crippen LogP contribution in [0.2, 0.25) is 0 Å². The second-order valence-corrected chi connectivity index (χ2v) is 4.73. The summed E-state index contributed by atoms with van der Waals surface area (Å²) in [5.41, 5.74) is 2.68. The second-order valence-electron chi connectivity index (χ2n) is 3.94. The van der Waals surface area contributed by atoms with Crippen LogP contribution in [-0.2, 0) is 11.3 Å². The van der Waals surface area contributed by atoms with Gasteiger partial charge in [-0.2, -0.15) is 0 Å². The van der Waals surface area contributed by atoms with Gasteiger partial charge in [0.2, 0.25) is 0 Å². The lowest BCUT2D eigenvalue weighted by atomic mass is 10.1. The van der Waals surface area contributed by atoms with Gasteiger partial charge in [-0.25, -0.2) is 0 Å². The number of morpholine rings is 1. The molecular formula is C12H16BrNO. The molecule has 2 rings (SSSR count). The summed E-state index contributed by atoms with van der Waals surface area (Å²) in [5.74, 6) is 0. The van der Waals surface area contributed by atoms with E-state index >= 15 is 0 Å². The molecule has 0 unspecified atom stereocenters. The van der Waals surface area contributed by atoms with Crippen molar-refractivity contribution in [1.29, 1.82) is 0 Å². The molecule has 1 saturated heterocycles. The zero-order chi connectivity index (χ0) is 10.7. The third kappa shape index (κ3) is 2.80. The maximum absolute atomic E-state index is 5.34. The van der Waals surface area contributed by atoms with Crippen LogP contribution in [0.25, 0.3) is 0 Å². The topological polar surface area (TPSA) is 12.5 Å². The Bertz CT molecular complexity index is 334. The van der Waals surface area contributed by atoms with Crippen molar-refractivity contribution in [3.63, 3.8) is 0 Å². The minimum atomic E-state index is 0.865. The van der Waals surface area contributed by atoms with Crippen molar-refractivity contribution in [2.75, 3.05) is 26.3 Å². The minimum Gasteiger partial charge on any atom is -0.379 e. The Balaban J connectivity index is 2.06. The molecule has 1 aliphatic rings. The Labute approximate surface area is 99.4 Å². The Morgan fingerprint density at radius 1 is 1.33 bits per heavy atom. The van der Waals surface area contributed by atoms with Crippen molar-refractivity contribution in [2.24, 2.45) is 0 Å². The lowest BCUT2D eigenvalue weighted by Crippen LogP contribution is -2.35. The van der Waals surface area contributed by atoms with E-state index in [1.165, 1.54) is 15.6 Å². The highest BCUT2D eigenvalue weighted by molar-refractivity contribution is 9.10. The zero-order valence-electron chi connectivity index (χ0n) is 9.00. The first-order valence-corrected chi connectivity index (χ1v) is 6.11. The Morgan fingerprint density at radius 3 is 2.80 bits per heavy atom. The minimum absolute atomic E-state index is 0.865. The Morgan fingerprint density at radius 2 is 2.07 bits per heavy atom. The molecule has 82 valence electrons. The van der Waals surface area contributed by atoms with E-state index in [0.29, 0.717) is 0 Å². The standard InChI is InChI=1S/C12H16BrNO/c1-10-3-2-4-11(12(10)13)9-14-5-7-15-8-6-14/h2-4H,5-9H2,1H3. The maximum atomic E-state index is 5.34. The summed E-state index contributed by atoms with van der Waals surface area (Å²) < 4.78 is 6.58. The van der Waals surface area contributed by atoms with Crippen LogP contribution < -0.4 is 0 Å². The monoisotopic (exact) mass is 269 g/mol. The predicted molar refractivity (Wildman–Crippen MR) is 65.0 cm³/mol. The Hall–Kier alpha value is -0.380. The summed E-state index contributed by atoms with van der Waals surface area (Å²) >= 11 is 3.65. The lowest BCUT2D eigenvalue weighted by molar-refractivity contribution is 0.0341. The van der Waals surface area contributed by atoms with Crippen molar-refractivity contribution in [3.8, 4) is 0 Å². The van der Waals surface area contributed by atoms with Crippen LogP contribution in [0.3, 0.4) is 0 Å². The number of ether oxygens (including phenoxy) is 1. The van der Waals surface area contributed by atoms with Gasteiger partial charge in [-0.15, -0.1) is 0 Å². The van der Waals surface area contributed by atoms with E-state index in [9.17, 15) is 0 Å². The summed E-state index contributed by atoms with van der Waals surface area (Å²) in [4.78, 5) is 2.43. The van der Waals surface area contributed by atoms with Crippen LogP contribution in [0.4, 0.5) is 0 Å². The predicted octanol–water partition coefficient (Wildman–Crippen LogP) is 2.59. The number of nitrogens with zero attached hydrogens (tertiary/aromatic N) is 1.